The first-order chi connectivity index (χ1) is 19.1. The second kappa shape index (κ2) is 13.2. The van der Waals surface area contributed by atoms with Crippen molar-refractivity contribution < 1.29 is 27.4 Å². The third kappa shape index (κ3) is 7.76. The first-order valence-electron chi connectivity index (χ1n) is 12.5. The Kier molecular flexibility index (Phi) is 9.71. The van der Waals surface area contributed by atoms with Gasteiger partial charge in [-0.3, -0.25) is 0 Å². The molecule has 0 spiro atoms. The lowest BCUT2D eigenvalue weighted by molar-refractivity contribution is -0.144. The van der Waals surface area contributed by atoms with Crippen molar-refractivity contribution >= 4 is 29.1 Å². The summed E-state index contributed by atoms with van der Waals surface area (Å²) in [5.41, 5.74) is 2.87. The molecule has 0 radical (unpaired) electrons. The number of benzene rings is 3. The molecule has 40 heavy (non-hydrogen) atoms. The normalized spacial score (nSPS) is 12.1. The lowest BCUT2D eigenvalue weighted by Crippen LogP contribution is -2.15. The van der Waals surface area contributed by atoms with Gasteiger partial charge in [0.25, 0.3) is 0 Å². The van der Waals surface area contributed by atoms with E-state index in [9.17, 15) is 18.0 Å². The van der Waals surface area contributed by atoms with E-state index in [1.54, 1.807) is 11.8 Å². The zero-order chi connectivity index (χ0) is 28.7. The van der Waals surface area contributed by atoms with Gasteiger partial charge in [-0.05, 0) is 61.7 Å². The number of aryl methyl sites for hydroxylation is 2. The topological polar surface area (TPSA) is 48.4 Å². The van der Waals surface area contributed by atoms with Gasteiger partial charge in [-0.25, -0.2) is 9.78 Å². The van der Waals surface area contributed by atoms with Crippen molar-refractivity contribution in [2.24, 2.45) is 0 Å². The quantitative estimate of drug-likeness (QED) is 0.101. The van der Waals surface area contributed by atoms with Gasteiger partial charge in [-0.15, -0.1) is 23.1 Å². The Morgan fingerprint density at radius 1 is 1.07 bits per heavy atom. The zero-order valence-corrected chi connectivity index (χ0v) is 23.7. The number of rotatable bonds is 11. The second-order valence-corrected chi connectivity index (χ2v) is 11.3. The standard InChI is InChI=1S/C31H28F3NO3S2/c1-4-16-37-28(36)19-38-26-15-14-25(17-20(26)2)39-27(18-22-8-6-5-7-9-22)29-21(3)35-30(40-29)23-10-12-24(13-11-23)31(32,33)34/h4-15,17,27H,1,16,18-19H2,2-3H3/t27-/m1/s1. The van der Waals surface area contributed by atoms with Gasteiger partial charge >= 0.3 is 12.1 Å². The maximum Gasteiger partial charge on any atom is 0.416 e. The van der Waals surface area contributed by atoms with Crippen LogP contribution in [0.5, 0.6) is 5.75 Å². The van der Waals surface area contributed by atoms with Crippen molar-refractivity contribution in [2.75, 3.05) is 13.2 Å². The molecule has 4 nitrogen and oxygen atoms in total. The van der Waals surface area contributed by atoms with Crippen LogP contribution in [-0.2, 0) is 22.1 Å². The Labute approximate surface area is 239 Å². The smallest absolute Gasteiger partial charge is 0.416 e. The van der Waals surface area contributed by atoms with Crippen LogP contribution in [0.25, 0.3) is 10.6 Å². The van der Waals surface area contributed by atoms with Crippen LogP contribution in [0.2, 0.25) is 0 Å². The Bertz CT molecular complexity index is 1450. The SMILES string of the molecule is C=CCOC(=O)COc1ccc(S[C@H](Cc2ccccc2)c2sc(-c3ccc(C(F)(F)F)cc3)nc2C)cc1C. The van der Waals surface area contributed by atoms with E-state index in [4.69, 9.17) is 14.5 Å². The highest BCUT2D eigenvalue weighted by Gasteiger charge is 2.30. The van der Waals surface area contributed by atoms with E-state index < -0.39 is 17.7 Å². The van der Waals surface area contributed by atoms with E-state index in [-0.39, 0.29) is 18.5 Å². The minimum atomic E-state index is -4.38. The molecule has 208 valence electrons. The zero-order valence-electron chi connectivity index (χ0n) is 22.0. The number of carbonyl (C=O) groups is 1. The number of esters is 1. The van der Waals surface area contributed by atoms with Gasteiger partial charge < -0.3 is 9.47 Å². The predicted octanol–water partition coefficient (Wildman–Crippen LogP) is 8.63. The Morgan fingerprint density at radius 3 is 2.45 bits per heavy atom. The summed E-state index contributed by atoms with van der Waals surface area (Å²) in [4.78, 5) is 18.6. The summed E-state index contributed by atoms with van der Waals surface area (Å²) in [6.45, 7) is 7.32. The molecule has 0 saturated heterocycles. The highest BCUT2D eigenvalue weighted by Crippen LogP contribution is 2.44. The molecule has 0 saturated carbocycles. The summed E-state index contributed by atoms with van der Waals surface area (Å²) >= 11 is 3.19. The average Bonchev–Trinajstić information content (AvgIpc) is 3.32. The molecular formula is C31H28F3NO3S2. The molecule has 4 rings (SSSR count). The molecule has 9 heteroatoms. The molecule has 1 aromatic heterocycles. The Morgan fingerprint density at radius 2 is 1.80 bits per heavy atom. The number of halogens is 3. The highest BCUT2D eigenvalue weighted by molar-refractivity contribution is 7.99. The van der Waals surface area contributed by atoms with E-state index in [0.717, 1.165) is 39.6 Å². The molecule has 0 N–H and O–H groups in total. The third-order valence-corrected chi connectivity index (χ3v) is 8.66. The molecule has 0 fully saturated rings. The van der Waals surface area contributed by atoms with E-state index >= 15 is 0 Å². The van der Waals surface area contributed by atoms with Crippen LogP contribution < -0.4 is 4.74 Å². The summed E-state index contributed by atoms with van der Waals surface area (Å²) < 4.78 is 49.7. The van der Waals surface area contributed by atoms with Crippen LogP contribution in [0.4, 0.5) is 13.2 Å². The Hall–Kier alpha value is -3.56. The number of thiazole rings is 1. The number of alkyl halides is 3. The molecular weight excluding hydrogens is 555 g/mol. The molecule has 3 aromatic carbocycles. The third-order valence-electron chi connectivity index (χ3n) is 5.98. The van der Waals surface area contributed by atoms with Gasteiger partial charge in [-0.2, -0.15) is 13.2 Å². The fraction of sp³-hybridized carbons (Fsp3) is 0.226. The van der Waals surface area contributed by atoms with Crippen LogP contribution in [0, 0.1) is 13.8 Å². The number of thioether (sulfide) groups is 1. The minimum absolute atomic E-state index is 0.0168. The second-order valence-electron chi connectivity index (χ2n) is 9.03. The van der Waals surface area contributed by atoms with Gasteiger partial charge in [0.1, 0.15) is 17.4 Å². The van der Waals surface area contributed by atoms with Crippen molar-refractivity contribution in [3.05, 3.63) is 113 Å². The van der Waals surface area contributed by atoms with Crippen LogP contribution in [0.3, 0.4) is 0 Å². The van der Waals surface area contributed by atoms with E-state index in [1.165, 1.54) is 35.1 Å². The molecule has 4 aromatic rings. The predicted molar refractivity (Wildman–Crippen MR) is 154 cm³/mol. The number of ether oxygens (including phenoxy) is 2. The molecule has 1 heterocycles. The van der Waals surface area contributed by atoms with Gasteiger partial charge in [0.05, 0.1) is 11.3 Å². The summed E-state index contributed by atoms with van der Waals surface area (Å²) in [5, 5.41) is 0.700. The van der Waals surface area contributed by atoms with Gasteiger partial charge in [0.2, 0.25) is 0 Å². The van der Waals surface area contributed by atoms with Crippen LogP contribution in [-0.4, -0.2) is 24.2 Å². The molecule has 0 aliphatic heterocycles. The molecule has 0 amide bonds. The number of hydrogen-bond acceptors (Lipinski definition) is 6. The number of aromatic nitrogens is 1. The van der Waals surface area contributed by atoms with Gasteiger partial charge in [0.15, 0.2) is 6.61 Å². The first kappa shape index (κ1) is 29.4. The summed E-state index contributed by atoms with van der Waals surface area (Å²) in [6, 6.07) is 21.1. The van der Waals surface area contributed by atoms with Gasteiger partial charge in [0, 0.05) is 20.6 Å². The van der Waals surface area contributed by atoms with Crippen LogP contribution >= 0.6 is 23.1 Å². The van der Waals surface area contributed by atoms with Crippen molar-refractivity contribution in [1.29, 1.82) is 0 Å². The molecule has 0 aliphatic carbocycles. The van der Waals surface area contributed by atoms with Gasteiger partial charge in [-0.1, -0.05) is 55.1 Å². The monoisotopic (exact) mass is 583 g/mol. The molecule has 0 bridgehead atoms. The number of hydrogen-bond donors (Lipinski definition) is 0. The fourth-order valence-corrected chi connectivity index (χ4v) is 6.61. The van der Waals surface area contributed by atoms with Crippen molar-refractivity contribution in [3.63, 3.8) is 0 Å². The first-order valence-corrected chi connectivity index (χ1v) is 14.2. The molecule has 0 unspecified atom stereocenters. The van der Waals surface area contributed by atoms with Crippen molar-refractivity contribution in [2.45, 2.75) is 36.6 Å². The average molecular weight is 584 g/mol. The maximum absolute atomic E-state index is 13.0. The summed E-state index contributed by atoms with van der Waals surface area (Å²) in [5.74, 6) is 0.128. The molecule has 0 aliphatic rings. The lowest BCUT2D eigenvalue weighted by atomic mass is 10.1. The Balaban J connectivity index is 1.57. The van der Waals surface area contributed by atoms with Crippen molar-refractivity contribution in [1.82, 2.24) is 4.98 Å². The van der Waals surface area contributed by atoms with Crippen molar-refractivity contribution in [3.8, 4) is 16.3 Å². The summed E-state index contributed by atoms with van der Waals surface area (Å²) in [7, 11) is 0. The largest absolute Gasteiger partial charge is 0.482 e. The summed E-state index contributed by atoms with van der Waals surface area (Å²) in [6.07, 6.45) is -2.14. The van der Waals surface area contributed by atoms with E-state index in [2.05, 4.69) is 18.7 Å². The number of carbonyl (C=O) groups excluding carboxylic acids is 1. The van der Waals surface area contributed by atoms with E-state index in [1.807, 2.05) is 50.2 Å². The van der Waals surface area contributed by atoms with Crippen LogP contribution in [0.1, 0.15) is 32.5 Å². The van der Waals surface area contributed by atoms with E-state index in [0.29, 0.717) is 16.3 Å². The fourth-order valence-electron chi connectivity index (χ4n) is 4.00. The van der Waals surface area contributed by atoms with Crippen LogP contribution in [0.15, 0.2) is 90.3 Å². The number of nitrogens with zero attached hydrogens (tertiary/aromatic N) is 1. The maximum atomic E-state index is 13.0. The highest BCUT2D eigenvalue weighted by atomic mass is 32.2. The minimum Gasteiger partial charge on any atom is -0.482 e. The lowest BCUT2D eigenvalue weighted by Gasteiger charge is -2.17. The molecule has 1 atom stereocenters.